The van der Waals surface area contributed by atoms with Crippen molar-refractivity contribution in [3.8, 4) is 40.0 Å². The molecule has 9 heteroatoms. The van der Waals surface area contributed by atoms with E-state index in [9.17, 15) is 9.59 Å². The number of carbonyl (C=O) groups excluding carboxylic acids is 1. The summed E-state index contributed by atoms with van der Waals surface area (Å²) in [6.07, 6.45) is 0. The highest BCUT2D eigenvalue weighted by Crippen LogP contribution is 2.45. The van der Waals surface area contributed by atoms with E-state index in [2.05, 4.69) is 0 Å². The van der Waals surface area contributed by atoms with Gasteiger partial charge in [0.15, 0.2) is 28.8 Å². The number of carbonyl (C=O) groups is 1. The van der Waals surface area contributed by atoms with Crippen LogP contribution < -0.4 is 29.2 Å². The van der Waals surface area contributed by atoms with Crippen LogP contribution in [0.15, 0.2) is 53.3 Å². The van der Waals surface area contributed by atoms with Crippen LogP contribution in [0.1, 0.15) is 27.5 Å². The highest BCUT2D eigenvalue weighted by molar-refractivity contribution is 6.27. The van der Waals surface area contributed by atoms with Gasteiger partial charge in [0.25, 0.3) is 5.56 Å². The molecule has 1 aliphatic rings. The molecule has 0 radical (unpaired) electrons. The van der Waals surface area contributed by atoms with Gasteiger partial charge in [-0.25, -0.2) is 0 Å². The number of ketones is 1. The zero-order chi connectivity index (χ0) is 28.7. The van der Waals surface area contributed by atoms with Gasteiger partial charge < -0.3 is 33.2 Å². The zero-order valence-corrected chi connectivity index (χ0v) is 23.7. The normalized spacial score (nSPS) is 12.8. The Balaban J connectivity index is 1.83. The molecule has 1 aromatic heterocycles. The lowest BCUT2D eigenvalue weighted by Gasteiger charge is -2.28. The molecule has 0 N–H and O–H groups in total. The summed E-state index contributed by atoms with van der Waals surface area (Å²) < 4.78 is 29.6. The second kappa shape index (κ2) is 10.6. The first-order valence-electron chi connectivity index (χ1n) is 12.7. The number of rotatable bonds is 9. The molecule has 0 unspecified atom stereocenters. The number of likely N-dealkylation sites (N-methyl/N-ethyl adjacent to an activating group) is 1. The number of methoxy groups -OCH3 is 5. The number of pyridine rings is 1. The number of nitrogens with zero attached hydrogens (tertiary/aromatic N) is 2. The highest BCUT2D eigenvalue weighted by Gasteiger charge is 2.35. The van der Waals surface area contributed by atoms with Crippen LogP contribution in [0.5, 0.6) is 28.7 Å². The van der Waals surface area contributed by atoms with Crippen LogP contribution in [0.2, 0.25) is 0 Å². The van der Waals surface area contributed by atoms with Crippen molar-refractivity contribution >= 4 is 16.6 Å². The third-order valence-corrected chi connectivity index (χ3v) is 7.49. The van der Waals surface area contributed by atoms with E-state index in [4.69, 9.17) is 23.7 Å². The summed E-state index contributed by atoms with van der Waals surface area (Å²) in [6, 6.07) is 14.3. The maximum atomic E-state index is 14.4. The summed E-state index contributed by atoms with van der Waals surface area (Å²) in [5.41, 5.74) is 2.90. The van der Waals surface area contributed by atoms with Crippen LogP contribution in [-0.2, 0) is 6.54 Å². The quantitative estimate of drug-likeness (QED) is 0.267. The van der Waals surface area contributed by atoms with E-state index in [0.29, 0.717) is 56.3 Å². The second-order valence-corrected chi connectivity index (χ2v) is 9.68. The SMILES string of the molecule is COc1cc([C@H](Cn2c3c(c4ccc(OC)c(OC)c4c2=O)C(=O)c2ccccc2-3)N(C)C)cc(OC)c1OC. The first-order chi connectivity index (χ1) is 19.3. The van der Waals surface area contributed by atoms with Crippen molar-refractivity contribution in [3.05, 3.63) is 75.6 Å². The molecule has 0 amide bonds. The van der Waals surface area contributed by atoms with Gasteiger partial charge in [-0.3, -0.25) is 9.59 Å². The second-order valence-electron chi connectivity index (χ2n) is 9.68. The van der Waals surface area contributed by atoms with Crippen LogP contribution >= 0.6 is 0 Å². The summed E-state index contributed by atoms with van der Waals surface area (Å²) >= 11 is 0. The van der Waals surface area contributed by atoms with Crippen molar-refractivity contribution in [1.29, 1.82) is 0 Å². The molecule has 3 aromatic carbocycles. The molecular weight excluding hydrogens is 512 g/mol. The van der Waals surface area contributed by atoms with Gasteiger partial charge in [0.1, 0.15) is 0 Å². The topological polar surface area (TPSA) is 88.5 Å². The number of hydrogen-bond acceptors (Lipinski definition) is 8. The number of hydrogen-bond donors (Lipinski definition) is 0. The lowest BCUT2D eigenvalue weighted by atomic mass is 10.00. The Morgan fingerprint density at radius 1 is 0.750 bits per heavy atom. The molecule has 0 fully saturated rings. The van der Waals surface area contributed by atoms with Crippen LogP contribution in [0.3, 0.4) is 0 Å². The molecular formula is C31H32N2O7. The molecule has 1 atom stereocenters. The van der Waals surface area contributed by atoms with Gasteiger partial charge in [-0.05, 0) is 43.9 Å². The van der Waals surface area contributed by atoms with Crippen molar-refractivity contribution in [3.63, 3.8) is 0 Å². The van der Waals surface area contributed by atoms with Crippen LogP contribution in [0.25, 0.3) is 22.0 Å². The average molecular weight is 545 g/mol. The van der Waals surface area contributed by atoms with Crippen molar-refractivity contribution in [2.75, 3.05) is 49.6 Å². The van der Waals surface area contributed by atoms with Gasteiger partial charge in [-0.2, -0.15) is 0 Å². The van der Waals surface area contributed by atoms with Crippen molar-refractivity contribution < 1.29 is 28.5 Å². The van der Waals surface area contributed by atoms with Crippen LogP contribution in [0, 0.1) is 0 Å². The Morgan fingerprint density at radius 3 is 1.90 bits per heavy atom. The van der Waals surface area contributed by atoms with Gasteiger partial charge >= 0.3 is 0 Å². The number of ether oxygens (including phenoxy) is 5. The van der Waals surface area contributed by atoms with E-state index >= 15 is 0 Å². The lowest BCUT2D eigenvalue weighted by Crippen LogP contribution is -2.31. The molecule has 0 saturated carbocycles. The fourth-order valence-electron chi connectivity index (χ4n) is 5.59. The number of fused-ring (bicyclic) bond motifs is 5. The maximum absolute atomic E-state index is 14.4. The number of aromatic nitrogens is 1. The predicted molar refractivity (Wildman–Crippen MR) is 153 cm³/mol. The van der Waals surface area contributed by atoms with E-state index in [0.717, 1.165) is 11.1 Å². The molecule has 4 aromatic rings. The summed E-state index contributed by atoms with van der Waals surface area (Å²) in [6.45, 7) is 0.227. The van der Waals surface area contributed by atoms with E-state index in [1.807, 2.05) is 49.3 Å². The van der Waals surface area contributed by atoms with Gasteiger partial charge in [-0.15, -0.1) is 0 Å². The smallest absolute Gasteiger partial charge is 0.262 e. The van der Waals surface area contributed by atoms with Crippen LogP contribution in [-0.4, -0.2) is 64.9 Å². The Kier molecular flexibility index (Phi) is 7.16. The largest absolute Gasteiger partial charge is 0.493 e. The monoisotopic (exact) mass is 544 g/mol. The summed E-state index contributed by atoms with van der Waals surface area (Å²) in [5.74, 6) is 2.06. The summed E-state index contributed by atoms with van der Waals surface area (Å²) in [4.78, 5) is 30.2. The highest BCUT2D eigenvalue weighted by atomic mass is 16.5. The summed E-state index contributed by atoms with van der Waals surface area (Å²) in [5, 5.41) is 0.827. The van der Waals surface area contributed by atoms with Crippen LogP contribution in [0.4, 0.5) is 0 Å². The van der Waals surface area contributed by atoms with E-state index in [1.54, 1.807) is 44.1 Å². The van der Waals surface area contributed by atoms with Gasteiger partial charge in [-0.1, -0.05) is 24.3 Å². The minimum absolute atomic E-state index is 0.134. The molecule has 40 heavy (non-hydrogen) atoms. The lowest BCUT2D eigenvalue weighted by molar-refractivity contribution is 0.104. The third-order valence-electron chi connectivity index (χ3n) is 7.49. The minimum Gasteiger partial charge on any atom is -0.493 e. The standard InChI is InChI=1S/C31H32N2O7/c1-32(2)21(17-14-23(37-4)29(39-6)24(15-17)38-5)16-33-27-18-10-8-9-11-19(18)28(34)25(27)20-12-13-22(36-3)30(40-7)26(20)31(33)35/h8-15,21H,16H2,1-7H3/t21-/m0/s1. The van der Waals surface area contributed by atoms with Crippen molar-refractivity contribution in [2.45, 2.75) is 12.6 Å². The van der Waals surface area contributed by atoms with E-state index < -0.39 is 0 Å². The molecule has 1 heterocycles. The van der Waals surface area contributed by atoms with E-state index in [1.165, 1.54) is 14.2 Å². The summed E-state index contributed by atoms with van der Waals surface area (Å²) in [7, 11) is 11.6. The predicted octanol–water partition coefficient (Wildman–Crippen LogP) is 4.56. The minimum atomic E-state index is -0.313. The fourth-order valence-corrected chi connectivity index (χ4v) is 5.59. The third kappa shape index (κ3) is 4.05. The van der Waals surface area contributed by atoms with Crippen molar-refractivity contribution in [2.24, 2.45) is 0 Å². The first kappa shape index (κ1) is 27.1. The molecule has 1 aliphatic carbocycles. The zero-order valence-electron chi connectivity index (χ0n) is 23.7. The molecule has 208 valence electrons. The Labute approximate surface area is 232 Å². The van der Waals surface area contributed by atoms with E-state index in [-0.39, 0.29) is 23.9 Å². The Bertz CT molecular complexity index is 1660. The fraction of sp³-hybridized carbons (Fsp3) is 0.290. The van der Waals surface area contributed by atoms with Gasteiger partial charge in [0, 0.05) is 23.1 Å². The molecule has 0 bridgehead atoms. The maximum Gasteiger partial charge on any atom is 0.262 e. The number of benzene rings is 3. The molecule has 9 nitrogen and oxygen atoms in total. The average Bonchev–Trinajstić information content (AvgIpc) is 3.27. The molecule has 0 aliphatic heterocycles. The van der Waals surface area contributed by atoms with Gasteiger partial charge in [0.05, 0.1) is 58.2 Å². The molecule has 0 spiro atoms. The first-order valence-corrected chi connectivity index (χ1v) is 12.7. The Morgan fingerprint density at radius 2 is 1.35 bits per heavy atom. The Hall–Kier alpha value is -4.50. The van der Waals surface area contributed by atoms with Crippen molar-refractivity contribution in [1.82, 2.24) is 9.47 Å². The molecule has 0 saturated heterocycles. The molecule has 5 rings (SSSR count). The van der Waals surface area contributed by atoms with Gasteiger partial charge in [0.2, 0.25) is 5.75 Å².